The number of hydrogen-bond donors (Lipinski definition) is 1. The molecule has 1 aliphatic heterocycles. The lowest BCUT2D eigenvalue weighted by Gasteiger charge is -2.14. The van der Waals surface area contributed by atoms with Crippen LogP contribution in [0.1, 0.15) is 140 Å². The van der Waals surface area contributed by atoms with Crippen molar-refractivity contribution in [2.75, 3.05) is 5.75 Å². The second-order valence-electron chi connectivity index (χ2n) is 10.7. The first-order chi connectivity index (χ1) is 17.1. The van der Waals surface area contributed by atoms with Gasteiger partial charge in [-0.2, -0.15) is 0 Å². The highest BCUT2D eigenvalue weighted by Crippen LogP contribution is 2.39. The molecule has 0 fully saturated rings. The van der Waals surface area contributed by atoms with Gasteiger partial charge in [-0.05, 0) is 42.0 Å². The fourth-order valence-corrected chi connectivity index (χ4v) is 6.53. The van der Waals surface area contributed by atoms with Crippen molar-refractivity contribution in [2.45, 2.75) is 140 Å². The molecule has 3 rings (SSSR count). The van der Waals surface area contributed by atoms with Gasteiger partial charge in [0.15, 0.2) is 0 Å². The van der Waals surface area contributed by atoms with Gasteiger partial charge in [-0.1, -0.05) is 117 Å². The van der Waals surface area contributed by atoms with Crippen molar-refractivity contribution in [2.24, 2.45) is 0 Å². The summed E-state index contributed by atoms with van der Waals surface area (Å²) in [5.41, 5.74) is 2.34. The lowest BCUT2D eigenvalue weighted by Crippen LogP contribution is -2.04. The van der Waals surface area contributed by atoms with Crippen LogP contribution in [0.3, 0.4) is 0 Å². The maximum absolute atomic E-state index is 12.3. The summed E-state index contributed by atoms with van der Waals surface area (Å²) in [6.07, 6.45) is 24.1. The summed E-state index contributed by atoms with van der Waals surface area (Å²) < 4.78 is 5.57. The zero-order valence-electron chi connectivity index (χ0n) is 22.3. The number of hydrogen-bond acceptors (Lipinski definition) is 4. The van der Waals surface area contributed by atoms with E-state index in [4.69, 9.17) is 4.42 Å². The van der Waals surface area contributed by atoms with E-state index in [-0.39, 0.29) is 11.4 Å². The highest BCUT2D eigenvalue weighted by atomic mass is 32.2. The highest BCUT2D eigenvalue weighted by molar-refractivity contribution is 7.99. The van der Waals surface area contributed by atoms with Crippen molar-refractivity contribution in [3.8, 4) is 5.75 Å². The van der Waals surface area contributed by atoms with Gasteiger partial charge < -0.3 is 9.52 Å². The van der Waals surface area contributed by atoms with E-state index in [2.05, 4.69) is 13.8 Å². The quantitative estimate of drug-likeness (QED) is 0.163. The Kier molecular flexibility index (Phi) is 12.6. The first-order valence-corrected chi connectivity index (χ1v) is 15.6. The number of phenols is 1. The molecule has 0 radical (unpaired) electrons. The molecule has 0 saturated carbocycles. The Morgan fingerprint density at radius 1 is 0.857 bits per heavy atom. The maximum atomic E-state index is 12.3. The molecule has 1 aromatic carbocycles. The zero-order chi connectivity index (χ0) is 24.9. The molecule has 1 atom stereocenters. The first kappa shape index (κ1) is 28.2. The predicted octanol–water partition coefficient (Wildman–Crippen LogP) is 9.90. The Morgan fingerprint density at radius 3 is 1.97 bits per heavy atom. The summed E-state index contributed by atoms with van der Waals surface area (Å²) in [7, 11) is 0. The van der Waals surface area contributed by atoms with Gasteiger partial charge in [0, 0.05) is 5.75 Å². The number of thioether (sulfide) groups is 1. The van der Waals surface area contributed by atoms with Crippen LogP contribution in [-0.4, -0.2) is 10.9 Å². The molecule has 2 aromatic rings. The fraction of sp³-hybridized carbons (Fsp3) is 0.710. The molecule has 35 heavy (non-hydrogen) atoms. The molecule has 1 aliphatic rings. The third-order valence-electron chi connectivity index (χ3n) is 7.73. The predicted molar refractivity (Wildman–Crippen MR) is 151 cm³/mol. The second-order valence-corrected chi connectivity index (χ2v) is 11.8. The van der Waals surface area contributed by atoms with E-state index in [1.807, 2.05) is 12.1 Å². The van der Waals surface area contributed by atoms with Gasteiger partial charge in [0.2, 0.25) is 0 Å². The van der Waals surface area contributed by atoms with Crippen LogP contribution in [0.2, 0.25) is 0 Å². The largest absolute Gasteiger partial charge is 0.507 e. The Balaban J connectivity index is 1.25. The van der Waals surface area contributed by atoms with Crippen LogP contribution in [0.4, 0.5) is 0 Å². The molecule has 4 heteroatoms. The molecule has 0 bridgehead atoms. The van der Waals surface area contributed by atoms with E-state index >= 15 is 0 Å². The monoisotopic (exact) mass is 500 g/mol. The van der Waals surface area contributed by atoms with Crippen LogP contribution in [0.5, 0.6) is 5.75 Å². The second kappa shape index (κ2) is 15.6. The minimum absolute atomic E-state index is 0.253. The SMILES string of the molecule is CCCCCCCCCCCCCCCCCCC(C)c1cc(O)c2c3c(c(=O)oc2c1)SCC3. The molecule has 1 aromatic heterocycles. The van der Waals surface area contributed by atoms with Crippen molar-refractivity contribution in [3.05, 3.63) is 33.7 Å². The number of fused-ring (bicyclic) bond motifs is 3. The summed E-state index contributed by atoms with van der Waals surface area (Å²) in [6.45, 7) is 4.50. The molecule has 1 unspecified atom stereocenters. The molecule has 3 nitrogen and oxygen atoms in total. The molecule has 196 valence electrons. The number of benzene rings is 1. The normalized spacial score (nSPS) is 14.0. The summed E-state index contributed by atoms with van der Waals surface area (Å²) >= 11 is 1.54. The third-order valence-corrected chi connectivity index (χ3v) is 8.84. The topological polar surface area (TPSA) is 50.4 Å². The maximum Gasteiger partial charge on any atom is 0.350 e. The molecule has 0 aliphatic carbocycles. The highest BCUT2D eigenvalue weighted by Gasteiger charge is 2.23. The van der Waals surface area contributed by atoms with Crippen molar-refractivity contribution in [3.63, 3.8) is 0 Å². The number of aromatic hydroxyl groups is 1. The molecule has 0 amide bonds. The number of rotatable bonds is 18. The lowest BCUT2D eigenvalue weighted by atomic mass is 9.92. The third kappa shape index (κ3) is 8.88. The van der Waals surface area contributed by atoms with Gasteiger partial charge in [0.1, 0.15) is 11.3 Å². The average Bonchev–Trinajstić information content (AvgIpc) is 3.34. The summed E-state index contributed by atoms with van der Waals surface area (Å²) in [5.74, 6) is 1.50. The van der Waals surface area contributed by atoms with Gasteiger partial charge in [0.25, 0.3) is 0 Å². The van der Waals surface area contributed by atoms with E-state index in [0.29, 0.717) is 16.4 Å². The van der Waals surface area contributed by atoms with E-state index < -0.39 is 0 Å². The molecular formula is C31H48O3S. The van der Waals surface area contributed by atoms with Crippen molar-refractivity contribution in [1.82, 2.24) is 0 Å². The van der Waals surface area contributed by atoms with Crippen LogP contribution >= 0.6 is 11.8 Å². The Bertz CT molecular complexity index is 948. The van der Waals surface area contributed by atoms with Crippen LogP contribution in [0.15, 0.2) is 26.2 Å². The van der Waals surface area contributed by atoms with E-state index in [1.165, 1.54) is 114 Å². The van der Waals surface area contributed by atoms with Crippen molar-refractivity contribution >= 4 is 22.7 Å². The van der Waals surface area contributed by atoms with E-state index in [9.17, 15) is 9.90 Å². The van der Waals surface area contributed by atoms with Crippen LogP contribution < -0.4 is 5.63 Å². The summed E-state index contributed by atoms with van der Waals surface area (Å²) in [4.78, 5) is 13.0. The standard InChI is InChI=1S/C31H48O3S/c1-3-4-5-6-7-8-9-10-11-12-13-14-15-16-17-18-19-24(2)25-22-27(32)29-26-20-21-35-30(26)31(33)34-28(29)23-25/h22-24,32H,3-21H2,1-2H3. The number of phenolic OH excluding ortho intramolecular Hbond substituents is 1. The van der Waals surface area contributed by atoms with Gasteiger partial charge in [-0.15, -0.1) is 11.8 Å². The first-order valence-electron chi connectivity index (χ1n) is 14.6. The Labute approximate surface area is 217 Å². The van der Waals surface area contributed by atoms with Crippen molar-refractivity contribution < 1.29 is 9.52 Å². The molecule has 2 heterocycles. The zero-order valence-corrected chi connectivity index (χ0v) is 23.2. The summed E-state index contributed by atoms with van der Waals surface area (Å²) in [6, 6.07) is 3.87. The van der Waals surface area contributed by atoms with Gasteiger partial charge in [-0.25, -0.2) is 4.79 Å². The molecule has 1 N–H and O–H groups in total. The lowest BCUT2D eigenvalue weighted by molar-refractivity contribution is 0.474. The van der Waals surface area contributed by atoms with E-state index in [1.54, 1.807) is 0 Å². The van der Waals surface area contributed by atoms with Crippen LogP contribution in [0, 0.1) is 0 Å². The van der Waals surface area contributed by atoms with Crippen LogP contribution in [0.25, 0.3) is 11.0 Å². The van der Waals surface area contributed by atoms with Gasteiger partial charge >= 0.3 is 5.63 Å². The smallest absolute Gasteiger partial charge is 0.350 e. The fourth-order valence-electron chi connectivity index (χ4n) is 5.48. The van der Waals surface area contributed by atoms with Gasteiger partial charge in [-0.3, -0.25) is 0 Å². The number of aryl methyl sites for hydroxylation is 1. The minimum Gasteiger partial charge on any atom is -0.507 e. The van der Waals surface area contributed by atoms with Crippen molar-refractivity contribution in [1.29, 1.82) is 0 Å². The molecular weight excluding hydrogens is 452 g/mol. The average molecular weight is 501 g/mol. The summed E-state index contributed by atoms with van der Waals surface area (Å²) in [5, 5.41) is 11.4. The molecule has 0 saturated heterocycles. The van der Waals surface area contributed by atoms with Gasteiger partial charge in [0.05, 0.1) is 10.3 Å². The Morgan fingerprint density at radius 2 is 1.40 bits per heavy atom. The minimum atomic E-state index is -0.253. The van der Waals surface area contributed by atoms with Crippen LogP contribution in [-0.2, 0) is 6.42 Å². The van der Waals surface area contributed by atoms with E-state index in [0.717, 1.165) is 35.1 Å². The molecule has 0 spiro atoms. The number of unbranched alkanes of at least 4 members (excludes halogenated alkanes) is 15. The Hall–Kier alpha value is -1.42.